The van der Waals surface area contributed by atoms with Crippen LogP contribution in [0.15, 0.2) is 48.6 Å². The van der Waals surface area contributed by atoms with Gasteiger partial charge in [-0.3, -0.25) is 9.32 Å². The summed E-state index contributed by atoms with van der Waals surface area (Å²) in [5.41, 5.74) is 3.70. The minimum absolute atomic E-state index is 0.0501. The number of rotatable bonds is 15. The predicted octanol–water partition coefficient (Wildman–Crippen LogP) is 3.23. The second-order valence-corrected chi connectivity index (χ2v) is 12.2. The van der Waals surface area contributed by atoms with Gasteiger partial charge in [-0.25, -0.2) is 9.36 Å². The monoisotopic (exact) mass is 599 g/mol. The molecule has 12 heteroatoms. The van der Waals surface area contributed by atoms with E-state index in [-0.39, 0.29) is 49.2 Å². The van der Waals surface area contributed by atoms with Gasteiger partial charge in [-0.05, 0) is 57.1 Å². The minimum Gasteiger partial charge on any atom is -0.462 e. The maximum absolute atomic E-state index is 12.1. The van der Waals surface area contributed by atoms with Gasteiger partial charge in [0.15, 0.2) is 0 Å². The fourth-order valence-electron chi connectivity index (χ4n) is 4.81. The fourth-order valence-corrected chi connectivity index (χ4v) is 5.41. The van der Waals surface area contributed by atoms with E-state index in [0.29, 0.717) is 0 Å². The van der Waals surface area contributed by atoms with Gasteiger partial charge in [-0.2, -0.15) is 0 Å². The van der Waals surface area contributed by atoms with Crippen LogP contribution in [-0.4, -0.2) is 68.5 Å². The molecule has 1 aliphatic carbocycles. The highest BCUT2D eigenvalue weighted by Crippen LogP contribution is 2.42. The topological polar surface area (TPSA) is 186 Å². The molecule has 0 radical (unpaired) electrons. The molecule has 0 spiro atoms. The van der Waals surface area contributed by atoms with Gasteiger partial charge >= 0.3 is 19.8 Å². The van der Waals surface area contributed by atoms with Crippen LogP contribution in [0.3, 0.4) is 0 Å². The van der Waals surface area contributed by atoms with Gasteiger partial charge in [0.1, 0.15) is 23.9 Å². The first-order valence-electron chi connectivity index (χ1n) is 14.2. The van der Waals surface area contributed by atoms with Crippen LogP contribution in [0.2, 0.25) is 0 Å². The number of ether oxygens (including phenoxy) is 2. The molecule has 11 nitrogen and oxygen atoms in total. The van der Waals surface area contributed by atoms with Crippen LogP contribution in [-0.2, 0) is 28.2 Å². The number of cyclic esters (lactones) is 1. The quantitative estimate of drug-likeness (QED) is 0.0805. The van der Waals surface area contributed by atoms with Gasteiger partial charge in [0.2, 0.25) is 0 Å². The smallest absolute Gasteiger partial charge is 0.462 e. The third-order valence-electron chi connectivity index (χ3n) is 7.50. The van der Waals surface area contributed by atoms with Gasteiger partial charge in [-0.1, -0.05) is 57.2 Å². The van der Waals surface area contributed by atoms with Gasteiger partial charge in [0.25, 0.3) is 0 Å². The lowest BCUT2D eigenvalue weighted by atomic mass is 9.86. The molecule has 232 valence electrons. The number of aliphatic hydroxyl groups excluding tert-OH is 1. The maximum atomic E-state index is 12.1. The second kappa shape index (κ2) is 16.5. The largest absolute Gasteiger partial charge is 0.469 e. The highest BCUT2D eigenvalue weighted by molar-refractivity contribution is 7.46. The SMILES string of the molecule is CCC(C)C(=O)OC1CCCC(C=CC=CC(O)CC(OP(=O)(O)O)C(O)(C=CC2OC(=O)C=CC2C)CCN)C1. The fraction of sp³-hybridized carbons (Fsp3) is 0.655. The van der Waals surface area contributed by atoms with Gasteiger partial charge in [0.05, 0.1) is 12.0 Å². The average molecular weight is 600 g/mol. The molecular formula is C29H46NO10P. The van der Waals surface area contributed by atoms with Crippen molar-refractivity contribution in [3.63, 3.8) is 0 Å². The molecule has 0 aromatic carbocycles. The first-order chi connectivity index (χ1) is 19.3. The van der Waals surface area contributed by atoms with E-state index in [1.807, 2.05) is 19.9 Å². The van der Waals surface area contributed by atoms with Crippen molar-refractivity contribution in [3.8, 4) is 0 Å². The Hall–Kier alpha value is -2.11. The van der Waals surface area contributed by atoms with E-state index in [0.717, 1.165) is 32.1 Å². The van der Waals surface area contributed by atoms with Crippen molar-refractivity contribution in [1.29, 1.82) is 0 Å². The van der Waals surface area contributed by atoms with E-state index in [2.05, 4.69) is 0 Å². The summed E-state index contributed by atoms with van der Waals surface area (Å²) in [7, 11) is -5.07. The lowest BCUT2D eigenvalue weighted by molar-refractivity contribution is -0.155. The summed E-state index contributed by atoms with van der Waals surface area (Å²) in [4.78, 5) is 42.8. The van der Waals surface area contributed by atoms with E-state index in [9.17, 15) is 34.2 Å². The van der Waals surface area contributed by atoms with Crippen molar-refractivity contribution in [1.82, 2.24) is 0 Å². The molecule has 1 heterocycles. The van der Waals surface area contributed by atoms with E-state index >= 15 is 0 Å². The molecule has 0 aromatic heterocycles. The van der Waals surface area contributed by atoms with Crippen LogP contribution >= 0.6 is 7.82 Å². The number of allylic oxidation sites excluding steroid dienone is 3. The summed E-state index contributed by atoms with van der Waals surface area (Å²) in [6, 6.07) is 0. The summed E-state index contributed by atoms with van der Waals surface area (Å²) in [5, 5.41) is 22.0. The van der Waals surface area contributed by atoms with E-state index < -0.39 is 37.7 Å². The first-order valence-corrected chi connectivity index (χ1v) is 15.8. The zero-order valence-corrected chi connectivity index (χ0v) is 25.0. The van der Waals surface area contributed by atoms with Crippen LogP contribution in [0, 0.1) is 17.8 Å². The summed E-state index contributed by atoms with van der Waals surface area (Å²) in [6.07, 6.45) is 12.5. The number of nitrogens with two attached hydrogens (primary N) is 1. The molecule has 1 aliphatic heterocycles. The highest BCUT2D eigenvalue weighted by atomic mass is 31.2. The molecule has 0 aromatic rings. The first kappa shape index (κ1) is 35.1. The molecule has 2 aliphatic rings. The molecule has 0 saturated heterocycles. The Morgan fingerprint density at radius 3 is 2.68 bits per heavy atom. The highest BCUT2D eigenvalue weighted by Gasteiger charge is 2.40. The zero-order chi connectivity index (χ0) is 30.6. The van der Waals surface area contributed by atoms with Crippen molar-refractivity contribution in [3.05, 3.63) is 48.6 Å². The van der Waals surface area contributed by atoms with Crippen LogP contribution in [0.25, 0.3) is 0 Å². The normalized spacial score (nSPS) is 27.6. The van der Waals surface area contributed by atoms with Gasteiger partial charge in [-0.15, -0.1) is 0 Å². The van der Waals surface area contributed by atoms with Gasteiger partial charge < -0.3 is 35.2 Å². The number of hydrogen-bond donors (Lipinski definition) is 5. The maximum Gasteiger partial charge on any atom is 0.469 e. The number of aliphatic hydroxyl groups is 2. The van der Waals surface area contributed by atoms with Crippen LogP contribution in [0.5, 0.6) is 0 Å². The third-order valence-corrected chi connectivity index (χ3v) is 8.02. The van der Waals surface area contributed by atoms with E-state index in [4.69, 9.17) is 19.7 Å². The van der Waals surface area contributed by atoms with Crippen molar-refractivity contribution < 1.29 is 48.2 Å². The number of carbonyl (C=O) groups excluding carboxylic acids is 2. The molecule has 1 saturated carbocycles. The molecule has 1 fully saturated rings. The lowest BCUT2D eigenvalue weighted by Crippen LogP contribution is -2.45. The summed E-state index contributed by atoms with van der Waals surface area (Å²) < 4.78 is 27.6. The molecule has 8 atom stereocenters. The Morgan fingerprint density at radius 2 is 2.02 bits per heavy atom. The van der Waals surface area contributed by atoms with E-state index in [1.54, 1.807) is 25.2 Å². The summed E-state index contributed by atoms with van der Waals surface area (Å²) >= 11 is 0. The number of phosphoric acid groups is 1. The molecule has 2 rings (SSSR count). The lowest BCUT2D eigenvalue weighted by Gasteiger charge is -2.35. The van der Waals surface area contributed by atoms with Crippen LogP contribution < -0.4 is 5.73 Å². The zero-order valence-electron chi connectivity index (χ0n) is 24.1. The number of hydrogen-bond acceptors (Lipinski definition) is 9. The Morgan fingerprint density at radius 1 is 1.29 bits per heavy atom. The third kappa shape index (κ3) is 12.3. The van der Waals surface area contributed by atoms with Gasteiger partial charge in [0, 0.05) is 18.4 Å². The van der Waals surface area contributed by atoms with Crippen molar-refractivity contribution in [2.45, 2.75) is 95.7 Å². The number of carbonyl (C=O) groups is 2. The predicted molar refractivity (Wildman–Crippen MR) is 153 cm³/mol. The molecule has 0 bridgehead atoms. The Bertz CT molecular complexity index is 1020. The van der Waals surface area contributed by atoms with Crippen molar-refractivity contribution >= 4 is 19.8 Å². The van der Waals surface area contributed by atoms with Crippen molar-refractivity contribution in [2.75, 3.05) is 6.54 Å². The molecule has 41 heavy (non-hydrogen) atoms. The Balaban J connectivity index is 2.07. The minimum atomic E-state index is -5.07. The molecule has 8 unspecified atom stereocenters. The summed E-state index contributed by atoms with van der Waals surface area (Å²) in [6.45, 7) is 5.56. The molecular weight excluding hydrogens is 553 g/mol. The number of esters is 2. The van der Waals surface area contributed by atoms with Crippen LogP contribution in [0.1, 0.15) is 65.7 Å². The molecule has 0 amide bonds. The standard InChI is InChI=1S/C29H46NO10P/c1-4-20(2)28(33)38-24-11-7-9-22(18-24)8-5-6-10-23(31)19-26(40-41(35,36)37)29(34,16-17-30)15-14-25-21(3)12-13-27(32)39-25/h5-6,8,10,12-15,20-26,31,34H,4,7,9,11,16-19,30H2,1-3H3,(H2,35,36,37). The van der Waals surface area contributed by atoms with Crippen LogP contribution in [0.4, 0.5) is 0 Å². The Labute approximate surface area is 242 Å². The number of phosphoric ester groups is 1. The molecule has 6 N–H and O–H groups in total. The second-order valence-electron chi connectivity index (χ2n) is 11.0. The average Bonchev–Trinajstić information content (AvgIpc) is 2.90. The Kier molecular flexibility index (Phi) is 14.1. The van der Waals surface area contributed by atoms with E-state index in [1.165, 1.54) is 24.3 Å². The summed E-state index contributed by atoms with van der Waals surface area (Å²) in [5.74, 6) is -0.839. The van der Waals surface area contributed by atoms with Crippen molar-refractivity contribution in [2.24, 2.45) is 23.5 Å².